The van der Waals surface area contributed by atoms with Crippen LogP contribution in [0.25, 0.3) is 0 Å². The van der Waals surface area contributed by atoms with Crippen molar-refractivity contribution in [2.75, 3.05) is 23.9 Å². The van der Waals surface area contributed by atoms with Gasteiger partial charge in [-0.1, -0.05) is 12.8 Å². The lowest BCUT2D eigenvalue weighted by Crippen LogP contribution is -2.11. The van der Waals surface area contributed by atoms with Crippen molar-refractivity contribution in [2.24, 2.45) is 0 Å². The zero-order chi connectivity index (χ0) is 14.1. The minimum atomic E-state index is -0.923. The third kappa shape index (κ3) is 5.51. The summed E-state index contributed by atoms with van der Waals surface area (Å²) < 4.78 is 0. The van der Waals surface area contributed by atoms with Crippen LogP contribution in [0.2, 0.25) is 0 Å². The van der Waals surface area contributed by atoms with Crippen molar-refractivity contribution in [1.82, 2.24) is 4.98 Å². The Morgan fingerprint density at radius 1 is 1.37 bits per heavy atom. The molecule has 0 saturated carbocycles. The number of carboxylic acid groups (broad SMARTS) is 1. The molecule has 0 spiro atoms. The van der Waals surface area contributed by atoms with E-state index >= 15 is 0 Å². The summed E-state index contributed by atoms with van der Waals surface area (Å²) in [6.45, 7) is 2.56. The number of aryl methyl sites for hydroxylation is 1. The highest BCUT2D eigenvalue weighted by Crippen LogP contribution is 2.16. The zero-order valence-electron chi connectivity index (χ0n) is 11.6. The molecule has 5 heteroatoms. The van der Waals surface area contributed by atoms with E-state index in [2.05, 4.69) is 16.6 Å². The number of carbonyl (C=O) groups is 1. The number of pyridine rings is 1. The van der Waals surface area contributed by atoms with Crippen LogP contribution in [0.3, 0.4) is 0 Å². The summed E-state index contributed by atoms with van der Waals surface area (Å²) in [4.78, 5) is 15.3. The number of anilines is 1. The summed E-state index contributed by atoms with van der Waals surface area (Å²) in [5.41, 5.74) is 1.02. The Morgan fingerprint density at radius 3 is 2.79 bits per heavy atom. The molecule has 0 aliphatic heterocycles. The van der Waals surface area contributed by atoms with Crippen LogP contribution in [-0.4, -0.2) is 34.6 Å². The topological polar surface area (TPSA) is 62.2 Å². The lowest BCUT2D eigenvalue weighted by Gasteiger charge is -2.10. The number of hydrogen-bond acceptors (Lipinski definition) is 4. The van der Waals surface area contributed by atoms with E-state index in [1.165, 1.54) is 25.0 Å². The highest BCUT2D eigenvalue weighted by molar-refractivity contribution is 7.98. The van der Waals surface area contributed by atoms with Crippen LogP contribution >= 0.6 is 11.8 Å². The molecule has 0 aromatic carbocycles. The SMILES string of the molecule is CSCCCCCCNc1nccc(C)c1C(=O)O. The van der Waals surface area contributed by atoms with Crippen LogP contribution < -0.4 is 5.32 Å². The Hall–Kier alpha value is -1.23. The van der Waals surface area contributed by atoms with Gasteiger partial charge < -0.3 is 10.4 Å². The first-order valence-corrected chi connectivity index (χ1v) is 7.98. The second-order valence-corrected chi connectivity index (χ2v) is 5.48. The van der Waals surface area contributed by atoms with Gasteiger partial charge in [-0.15, -0.1) is 0 Å². The lowest BCUT2D eigenvalue weighted by molar-refractivity contribution is 0.0697. The van der Waals surface area contributed by atoms with Gasteiger partial charge in [0, 0.05) is 12.7 Å². The van der Waals surface area contributed by atoms with E-state index in [4.69, 9.17) is 5.11 Å². The van der Waals surface area contributed by atoms with Crippen molar-refractivity contribution in [2.45, 2.75) is 32.6 Å². The standard InChI is InChI=1S/C14H22N2O2S/c1-11-7-9-16-13(12(11)14(17)18)15-8-5-3-4-6-10-19-2/h7,9H,3-6,8,10H2,1-2H3,(H,15,16)(H,17,18). The normalized spacial score (nSPS) is 10.4. The molecule has 4 nitrogen and oxygen atoms in total. The Balaban J connectivity index is 2.37. The maximum Gasteiger partial charge on any atom is 0.339 e. The molecule has 0 fully saturated rings. The van der Waals surface area contributed by atoms with E-state index in [-0.39, 0.29) is 5.56 Å². The first-order chi connectivity index (χ1) is 9.16. The van der Waals surface area contributed by atoms with E-state index in [9.17, 15) is 4.79 Å². The van der Waals surface area contributed by atoms with Gasteiger partial charge in [0.25, 0.3) is 0 Å². The molecule has 2 N–H and O–H groups in total. The number of hydrogen-bond donors (Lipinski definition) is 2. The average Bonchev–Trinajstić information content (AvgIpc) is 2.37. The Bertz CT molecular complexity index is 410. The zero-order valence-corrected chi connectivity index (χ0v) is 12.4. The van der Waals surface area contributed by atoms with Gasteiger partial charge in [0.15, 0.2) is 0 Å². The van der Waals surface area contributed by atoms with Crippen LogP contribution in [0.5, 0.6) is 0 Å². The van der Waals surface area contributed by atoms with E-state index in [1.54, 1.807) is 19.2 Å². The fourth-order valence-electron chi connectivity index (χ4n) is 1.89. The van der Waals surface area contributed by atoms with Crippen molar-refractivity contribution < 1.29 is 9.90 Å². The second kappa shape index (κ2) is 8.80. The summed E-state index contributed by atoms with van der Waals surface area (Å²) >= 11 is 1.88. The molecule has 1 heterocycles. The fraction of sp³-hybridized carbons (Fsp3) is 0.571. The molecule has 0 amide bonds. The minimum absolute atomic E-state index is 0.282. The largest absolute Gasteiger partial charge is 0.478 e. The summed E-state index contributed by atoms with van der Waals surface area (Å²) in [5.74, 6) is 0.778. The van der Waals surface area contributed by atoms with Crippen LogP contribution in [0.1, 0.15) is 41.6 Å². The Morgan fingerprint density at radius 2 is 2.11 bits per heavy atom. The number of aromatic nitrogens is 1. The fourth-order valence-corrected chi connectivity index (χ4v) is 2.39. The number of carboxylic acids is 1. The molecule has 1 aromatic rings. The molecular formula is C14H22N2O2S. The average molecular weight is 282 g/mol. The van der Waals surface area contributed by atoms with Gasteiger partial charge in [-0.3, -0.25) is 0 Å². The van der Waals surface area contributed by atoms with Crippen molar-refractivity contribution in [3.63, 3.8) is 0 Å². The van der Waals surface area contributed by atoms with E-state index in [0.29, 0.717) is 5.82 Å². The van der Waals surface area contributed by atoms with E-state index < -0.39 is 5.97 Å². The van der Waals surface area contributed by atoms with Crippen molar-refractivity contribution >= 4 is 23.5 Å². The molecule has 106 valence electrons. The molecule has 0 aliphatic rings. The summed E-state index contributed by atoms with van der Waals surface area (Å²) in [6, 6.07) is 1.72. The third-order valence-electron chi connectivity index (χ3n) is 2.94. The van der Waals surface area contributed by atoms with Gasteiger partial charge in [0.05, 0.1) is 0 Å². The van der Waals surface area contributed by atoms with E-state index in [0.717, 1.165) is 18.5 Å². The highest BCUT2D eigenvalue weighted by Gasteiger charge is 2.13. The molecular weight excluding hydrogens is 260 g/mol. The summed E-state index contributed by atoms with van der Waals surface area (Å²) in [5, 5.41) is 12.3. The van der Waals surface area contributed by atoms with Gasteiger partial charge in [-0.25, -0.2) is 9.78 Å². The summed E-state index contributed by atoms with van der Waals surface area (Å²) in [7, 11) is 0. The predicted octanol–water partition coefficient (Wildman–Crippen LogP) is 3.42. The number of aromatic carboxylic acids is 1. The number of nitrogens with one attached hydrogen (secondary N) is 1. The maximum absolute atomic E-state index is 11.2. The van der Waals surface area contributed by atoms with Gasteiger partial charge in [-0.2, -0.15) is 11.8 Å². The molecule has 0 radical (unpaired) electrons. The van der Waals surface area contributed by atoms with Crippen LogP contribution in [0, 0.1) is 6.92 Å². The lowest BCUT2D eigenvalue weighted by atomic mass is 10.1. The molecule has 0 bridgehead atoms. The molecule has 1 rings (SSSR count). The first kappa shape index (κ1) is 15.8. The van der Waals surface area contributed by atoms with E-state index in [1.807, 2.05) is 11.8 Å². The van der Waals surface area contributed by atoms with Crippen molar-refractivity contribution in [3.05, 3.63) is 23.4 Å². The highest BCUT2D eigenvalue weighted by atomic mass is 32.2. The number of unbranched alkanes of at least 4 members (excludes halogenated alkanes) is 3. The minimum Gasteiger partial charge on any atom is -0.478 e. The van der Waals surface area contributed by atoms with Crippen LogP contribution in [0.4, 0.5) is 5.82 Å². The van der Waals surface area contributed by atoms with Gasteiger partial charge in [-0.05, 0) is 43.4 Å². The molecule has 1 aromatic heterocycles. The smallest absolute Gasteiger partial charge is 0.339 e. The van der Waals surface area contributed by atoms with Gasteiger partial charge in [0.1, 0.15) is 11.4 Å². The van der Waals surface area contributed by atoms with Gasteiger partial charge in [0.2, 0.25) is 0 Å². The second-order valence-electron chi connectivity index (χ2n) is 4.49. The molecule has 0 aliphatic carbocycles. The van der Waals surface area contributed by atoms with Crippen LogP contribution in [0.15, 0.2) is 12.3 Å². The third-order valence-corrected chi connectivity index (χ3v) is 3.64. The van der Waals surface area contributed by atoms with Crippen LogP contribution in [-0.2, 0) is 0 Å². The Labute approximate surface area is 119 Å². The molecule has 0 unspecified atom stereocenters. The number of rotatable bonds is 9. The number of nitrogens with zero attached hydrogens (tertiary/aromatic N) is 1. The maximum atomic E-state index is 11.2. The van der Waals surface area contributed by atoms with Crippen molar-refractivity contribution in [3.8, 4) is 0 Å². The monoisotopic (exact) mass is 282 g/mol. The molecule has 0 saturated heterocycles. The molecule has 19 heavy (non-hydrogen) atoms. The van der Waals surface area contributed by atoms with Crippen molar-refractivity contribution in [1.29, 1.82) is 0 Å². The summed E-state index contributed by atoms with van der Waals surface area (Å²) in [6.07, 6.45) is 8.46. The van der Waals surface area contributed by atoms with Gasteiger partial charge >= 0.3 is 5.97 Å². The Kier molecular flexibility index (Phi) is 7.33. The quantitative estimate of drug-likeness (QED) is 0.679. The molecule has 0 atom stereocenters. The first-order valence-electron chi connectivity index (χ1n) is 6.58. The number of thioether (sulfide) groups is 1. The predicted molar refractivity (Wildman–Crippen MR) is 81.3 cm³/mol.